The van der Waals surface area contributed by atoms with Crippen LogP contribution in [0, 0.1) is 5.82 Å². The van der Waals surface area contributed by atoms with Crippen molar-refractivity contribution < 1.29 is 9.50 Å². The molecule has 3 aromatic rings. The molecule has 0 spiro atoms. The fraction of sp³-hybridized carbons (Fsp3) is 0.300. The second-order valence-electron chi connectivity index (χ2n) is 6.85. The molecule has 2 heterocycles. The average Bonchev–Trinajstić information content (AvgIpc) is 2.63. The van der Waals surface area contributed by atoms with Crippen LogP contribution in [0.25, 0.3) is 22.0 Å². The van der Waals surface area contributed by atoms with Gasteiger partial charge >= 0.3 is 0 Å². The number of aromatic hydroxyl groups is 1. The number of anilines is 1. The lowest BCUT2D eigenvalue weighted by Crippen LogP contribution is -2.40. The summed E-state index contributed by atoms with van der Waals surface area (Å²) in [5, 5.41) is 24.2. The highest BCUT2D eigenvalue weighted by atomic mass is 19.1. The van der Waals surface area contributed by atoms with Crippen molar-refractivity contribution in [2.75, 3.05) is 25.5 Å². The number of hydrogen-bond acceptors (Lipinski definition) is 5. The van der Waals surface area contributed by atoms with E-state index >= 15 is 0 Å². The van der Waals surface area contributed by atoms with Gasteiger partial charge in [0.05, 0.1) is 0 Å². The number of nitrogens with zero attached hydrogens (tertiary/aromatic N) is 3. The van der Waals surface area contributed by atoms with Crippen LogP contribution in [-0.2, 0) is 0 Å². The molecule has 0 amide bonds. The number of halogens is 1. The van der Waals surface area contributed by atoms with Crippen LogP contribution in [0.1, 0.15) is 12.8 Å². The normalized spacial score (nSPS) is 18.2. The first-order valence-electron chi connectivity index (χ1n) is 8.81. The van der Waals surface area contributed by atoms with E-state index in [-0.39, 0.29) is 5.75 Å². The van der Waals surface area contributed by atoms with Gasteiger partial charge in [-0.3, -0.25) is 0 Å². The number of fused-ring (bicyclic) bond motifs is 1. The molecule has 5 nitrogen and oxygen atoms in total. The molecular formula is C20H21FN4O. The first kappa shape index (κ1) is 16.7. The van der Waals surface area contributed by atoms with Gasteiger partial charge in [-0.25, -0.2) is 4.39 Å². The SMILES string of the molecule is CN1CCCC(Nc2nnc(-c3ccc(F)cc3O)c3ccccc23)C1. The van der Waals surface area contributed by atoms with Crippen molar-refractivity contribution in [3.8, 4) is 17.0 Å². The quantitative estimate of drug-likeness (QED) is 0.753. The van der Waals surface area contributed by atoms with E-state index in [1.807, 2.05) is 24.3 Å². The Morgan fingerprint density at radius 1 is 1.15 bits per heavy atom. The van der Waals surface area contributed by atoms with E-state index in [0.717, 1.165) is 48.6 Å². The summed E-state index contributed by atoms with van der Waals surface area (Å²) in [6.07, 6.45) is 2.25. The number of hydrogen-bond donors (Lipinski definition) is 2. The number of likely N-dealkylation sites (N-methyl/N-ethyl adjacent to an activating group) is 1. The maximum absolute atomic E-state index is 13.3. The third-order valence-corrected chi connectivity index (χ3v) is 4.87. The maximum atomic E-state index is 13.3. The summed E-state index contributed by atoms with van der Waals surface area (Å²) in [6.45, 7) is 2.09. The Balaban J connectivity index is 1.76. The summed E-state index contributed by atoms with van der Waals surface area (Å²) in [5.74, 6) is 0.119. The number of aromatic nitrogens is 2. The Morgan fingerprint density at radius 2 is 1.96 bits per heavy atom. The highest BCUT2D eigenvalue weighted by Crippen LogP contribution is 2.35. The van der Waals surface area contributed by atoms with Gasteiger partial charge in [-0.1, -0.05) is 24.3 Å². The van der Waals surface area contributed by atoms with Crippen LogP contribution in [0.2, 0.25) is 0 Å². The van der Waals surface area contributed by atoms with E-state index in [1.54, 1.807) is 0 Å². The van der Waals surface area contributed by atoms with Gasteiger partial charge < -0.3 is 15.3 Å². The molecule has 0 saturated carbocycles. The fourth-order valence-electron chi connectivity index (χ4n) is 3.59. The van der Waals surface area contributed by atoms with Gasteiger partial charge in [0.25, 0.3) is 0 Å². The third kappa shape index (κ3) is 3.20. The number of phenolic OH excluding ortho intramolecular Hbond substituents is 1. The average molecular weight is 352 g/mol. The minimum Gasteiger partial charge on any atom is -0.507 e. The summed E-state index contributed by atoms with van der Waals surface area (Å²) < 4.78 is 13.3. The Hall–Kier alpha value is -2.73. The molecule has 1 aliphatic rings. The molecule has 134 valence electrons. The van der Waals surface area contributed by atoms with Gasteiger partial charge in [0.2, 0.25) is 0 Å². The lowest BCUT2D eigenvalue weighted by atomic mass is 10.0. The second kappa shape index (κ2) is 6.88. The number of rotatable bonds is 3. The van der Waals surface area contributed by atoms with Crippen LogP contribution < -0.4 is 5.32 Å². The molecule has 6 heteroatoms. The molecule has 1 fully saturated rings. The van der Waals surface area contributed by atoms with Crippen molar-refractivity contribution in [1.82, 2.24) is 15.1 Å². The number of piperidine rings is 1. The minimum absolute atomic E-state index is 0.140. The molecule has 26 heavy (non-hydrogen) atoms. The highest BCUT2D eigenvalue weighted by Gasteiger charge is 2.20. The van der Waals surface area contributed by atoms with Gasteiger partial charge in [-0.15, -0.1) is 10.2 Å². The van der Waals surface area contributed by atoms with Crippen LogP contribution in [0.5, 0.6) is 5.75 Å². The monoisotopic (exact) mass is 352 g/mol. The predicted molar refractivity (Wildman–Crippen MR) is 101 cm³/mol. The minimum atomic E-state index is -0.483. The molecule has 0 radical (unpaired) electrons. The summed E-state index contributed by atoms with van der Waals surface area (Å²) in [6, 6.07) is 12.1. The van der Waals surface area contributed by atoms with Gasteiger partial charge in [0.15, 0.2) is 5.82 Å². The van der Waals surface area contributed by atoms with E-state index in [0.29, 0.717) is 17.3 Å². The predicted octanol–water partition coefficient (Wildman–Crippen LogP) is 3.65. The van der Waals surface area contributed by atoms with Gasteiger partial charge in [0, 0.05) is 35.0 Å². The topological polar surface area (TPSA) is 61.3 Å². The zero-order valence-electron chi connectivity index (χ0n) is 14.6. The van der Waals surface area contributed by atoms with Gasteiger partial charge in [-0.05, 0) is 38.6 Å². The van der Waals surface area contributed by atoms with E-state index in [9.17, 15) is 9.50 Å². The maximum Gasteiger partial charge on any atom is 0.156 e. The van der Waals surface area contributed by atoms with E-state index in [1.165, 1.54) is 12.1 Å². The Kier molecular flexibility index (Phi) is 4.42. The van der Waals surface area contributed by atoms with Crippen molar-refractivity contribution in [2.24, 2.45) is 0 Å². The summed E-state index contributed by atoms with van der Waals surface area (Å²) in [5.41, 5.74) is 1.02. The molecule has 0 aliphatic carbocycles. The van der Waals surface area contributed by atoms with Crippen molar-refractivity contribution in [3.05, 3.63) is 48.3 Å². The van der Waals surface area contributed by atoms with Crippen LogP contribution in [0.15, 0.2) is 42.5 Å². The molecule has 1 unspecified atom stereocenters. The van der Waals surface area contributed by atoms with Crippen molar-refractivity contribution in [1.29, 1.82) is 0 Å². The molecule has 1 atom stereocenters. The molecule has 1 aromatic heterocycles. The molecule has 2 N–H and O–H groups in total. The van der Waals surface area contributed by atoms with Crippen molar-refractivity contribution in [3.63, 3.8) is 0 Å². The fourth-order valence-corrected chi connectivity index (χ4v) is 3.59. The third-order valence-electron chi connectivity index (χ3n) is 4.87. The molecule has 1 aliphatic heterocycles. The summed E-state index contributed by atoms with van der Waals surface area (Å²) in [7, 11) is 2.12. The van der Waals surface area contributed by atoms with Crippen molar-refractivity contribution in [2.45, 2.75) is 18.9 Å². The van der Waals surface area contributed by atoms with E-state index in [4.69, 9.17) is 0 Å². The number of phenols is 1. The number of benzene rings is 2. The van der Waals surface area contributed by atoms with Crippen LogP contribution in [0.4, 0.5) is 10.2 Å². The lowest BCUT2D eigenvalue weighted by molar-refractivity contribution is 0.261. The van der Waals surface area contributed by atoms with Crippen molar-refractivity contribution >= 4 is 16.6 Å². The smallest absolute Gasteiger partial charge is 0.156 e. The lowest BCUT2D eigenvalue weighted by Gasteiger charge is -2.30. The first-order chi connectivity index (χ1) is 12.6. The van der Waals surface area contributed by atoms with E-state index in [2.05, 4.69) is 27.5 Å². The number of likely N-dealkylation sites (tertiary alicyclic amines) is 1. The standard InChI is InChI=1S/C20H21FN4O/c1-25-10-4-5-14(12-25)22-20-16-7-3-2-6-15(16)19(23-24-20)17-9-8-13(21)11-18(17)26/h2-3,6-9,11,14,26H,4-5,10,12H2,1H3,(H,22,24). The second-order valence-corrected chi connectivity index (χ2v) is 6.85. The Labute approximate surface area is 151 Å². The van der Waals surface area contributed by atoms with Crippen LogP contribution in [-0.4, -0.2) is 46.4 Å². The molecule has 0 bridgehead atoms. The largest absolute Gasteiger partial charge is 0.507 e. The zero-order valence-corrected chi connectivity index (χ0v) is 14.6. The summed E-state index contributed by atoms with van der Waals surface area (Å²) in [4.78, 5) is 2.31. The van der Waals surface area contributed by atoms with Crippen LogP contribution in [0.3, 0.4) is 0 Å². The number of nitrogens with one attached hydrogen (secondary N) is 1. The van der Waals surface area contributed by atoms with Gasteiger partial charge in [0.1, 0.15) is 17.3 Å². The van der Waals surface area contributed by atoms with Crippen LogP contribution >= 0.6 is 0 Å². The molecule has 4 rings (SSSR count). The first-order valence-corrected chi connectivity index (χ1v) is 8.81. The zero-order chi connectivity index (χ0) is 18.1. The van der Waals surface area contributed by atoms with E-state index < -0.39 is 5.82 Å². The highest BCUT2D eigenvalue weighted by molar-refractivity contribution is 6.00. The molecule has 2 aromatic carbocycles. The Morgan fingerprint density at radius 3 is 2.73 bits per heavy atom. The molecular weight excluding hydrogens is 331 g/mol. The molecule has 1 saturated heterocycles. The van der Waals surface area contributed by atoms with Gasteiger partial charge in [-0.2, -0.15) is 0 Å². The Bertz CT molecular complexity index is 946. The summed E-state index contributed by atoms with van der Waals surface area (Å²) >= 11 is 0.